The highest BCUT2D eigenvalue weighted by Crippen LogP contribution is 2.38. The Morgan fingerprint density at radius 2 is 2.04 bits per heavy atom. The first-order valence-corrected chi connectivity index (χ1v) is 9.74. The van der Waals surface area contributed by atoms with Gasteiger partial charge in [-0.1, -0.05) is 6.92 Å². The summed E-state index contributed by atoms with van der Waals surface area (Å²) >= 11 is 0. The molecule has 1 fully saturated rings. The Kier molecular flexibility index (Phi) is 4.88. The molecule has 4 N–H and O–H groups in total. The van der Waals surface area contributed by atoms with Crippen LogP contribution < -0.4 is 10.4 Å². The molecule has 0 saturated carbocycles. The molecule has 8 nitrogen and oxygen atoms in total. The van der Waals surface area contributed by atoms with Crippen LogP contribution in [0, 0.1) is 0 Å². The van der Waals surface area contributed by atoms with Crippen molar-refractivity contribution in [3.05, 3.63) is 35.5 Å². The molecule has 1 amide bonds. The van der Waals surface area contributed by atoms with Gasteiger partial charge in [0.05, 0.1) is 5.52 Å². The minimum Gasteiger partial charge on any atom is -0.366 e. The first kappa shape index (κ1) is 17.9. The van der Waals surface area contributed by atoms with Gasteiger partial charge in [0.1, 0.15) is 0 Å². The number of phosphoric acid groups is 1. The third kappa shape index (κ3) is 3.88. The number of nitrogens with zero attached hydrogens (tertiary/aromatic N) is 2. The van der Waals surface area contributed by atoms with Gasteiger partial charge in [0.25, 0.3) is 0 Å². The second-order valence-electron chi connectivity index (χ2n) is 6.29. The average Bonchev–Trinajstić information content (AvgIpc) is 2.91. The topological polar surface area (TPSA) is 118 Å². The maximum Gasteiger partial charge on any atom is 0.543 e. The van der Waals surface area contributed by atoms with E-state index in [2.05, 4.69) is 11.8 Å². The SMILES string of the molecule is CCN1CCC(c2cn(OP(=O)(O)O)c3ccc(C(N)=O)cc23)CC1. The Balaban J connectivity index is 2.05. The zero-order valence-electron chi connectivity index (χ0n) is 14.0. The standard InChI is InChI=1S/C16H22N3O5P/c1-2-18-7-5-11(6-8-18)14-10-19(24-25(21,22)23)15-4-3-12(16(17)20)9-13(14)15/h3-4,9-11H,2,5-8H2,1H3,(H2,17,20)(H2,21,22,23). The molecule has 1 saturated heterocycles. The van der Waals surface area contributed by atoms with Crippen molar-refractivity contribution in [2.24, 2.45) is 5.73 Å². The number of hydrogen-bond donors (Lipinski definition) is 3. The van der Waals surface area contributed by atoms with E-state index in [1.165, 1.54) is 6.07 Å². The Morgan fingerprint density at radius 1 is 1.36 bits per heavy atom. The molecule has 0 radical (unpaired) electrons. The lowest BCUT2D eigenvalue weighted by atomic mass is 9.89. The van der Waals surface area contributed by atoms with E-state index in [0.29, 0.717) is 11.1 Å². The molecule has 2 aromatic rings. The molecule has 3 rings (SSSR count). The van der Waals surface area contributed by atoms with Crippen molar-refractivity contribution in [3.63, 3.8) is 0 Å². The van der Waals surface area contributed by atoms with E-state index in [1.807, 2.05) is 0 Å². The Bertz CT molecular complexity index is 836. The monoisotopic (exact) mass is 367 g/mol. The van der Waals surface area contributed by atoms with Crippen LogP contribution in [0.25, 0.3) is 10.9 Å². The average molecular weight is 367 g/mol. The molecule has 1 aliphatic heterocycles. The highest BCUT2D eigenvalue weighted by atomic mass is 31.2. The van der Waals surface area contributed by atoms with E-state index in [1.54, 1.807) is 18.3 Å². The molecule has 0 aliphatic carbocycles. The number of aromatic nitrogens is 1. The number of carbonyl (C=O) groups is 1. The van der Waals surface area contributed by atoms with E-state index in [9.17, 15) is 9.36 Å². The smallest absolute Gasteiger partial charge is 0.366 e. The molecule has 1 aliphatic rings. The maximum atomic E-state index is 11.5. The van der Waals surface area contributed by atoms with Crippen LogP contribution in [0.2, 0.25) is 0 Å². The number of hydrogen-bond acceptors (Lipinski definition) is 4. The molecule has 2 heterocycles. The van der Waals surface area contributed by atoms with E-state index >= 15 is 0 Å². The minimum atomic E-state index is -4.70. The van der Waals surface area contributed by atoms with Crippen molar-refractivity contribution in [2.45, 2.75) is 25.7 Å². The highest BCUT2D eigenvalue weighted by molar-refractivity contribution is 7.46. The van der Waals surface area contributed by atoms with Gasteiger partial charge in [-0.05, 0) is 62.2 Å². The van der Waals surface area contributed by atoms with Crippen molar-refractivity contribution >= 4 is 24.6 Å². The summed E-state index contributed by atoms with van der Waals surface area (Å²) in [6, 6.07) is 4.78. The first-order valence-electron chi connectivity index (χ1n) is 8.21. The predicted molar refractivity (Wildman–Crippen MR) is 93.2 cm³/mol. The Morgan fingerprint density at radius 3 is 2.60 bits per heavy atom. The van der Waals surface area contributed by atoms with Crippen LogP contribution in [-0.4, -0.2) is 45.0 Å². The number of primary amides is 1. The van der Waals surface area contributed by atoms with Gasteiger partial charge in [-0.25, -0.2) is 4.57 Å². The summed E-state index contributed by atoms with van der Waals surface area (Å²) in [5.41, 5.74) is 7.15. The lowest BCUT2D eigenvalue weighted by Gasteiger charge is -2.30. The van der Waals surface area contributed by atoms with Gasteiger partial charge in [-0.2, -0.15) is 4.73 Å². The van der Waals surface area contributed by atoms with Gasteiger partial charge >= 0.3 is 7.82 Å². The number of likely N-dealkylation sites (tertiary alicyclic amines) is 1. The van der Waals surface area contributed by atoms with Crippen LogP contribution in [0.15, 0.2) is 24.4 Å². The number of benzene rings is 1. The van der Waals surface area contributed by atoms with E-state index in [0.717, 1.165) is 48.2 Å². The Labute approximate surface area is 145 Å². The summed E-state index contributed by atoms with van der Waals surface area (Å²) in [7, 11) is -4.70. The fourth-order valence-corrected chi connectivity index (χ4v) is 3.81. The third-order valence-corrected chi connectivity index (χ3v) is 5.14. The molecule has 136 valence electrons. The summed E-state index contributed by atoms with van der Waals surface area (Å²) in [6.45, 7) is 5.05. The van der Waals surface area contributed by atoms with E-state index in [4.69, 9.17) is 20.1 Å². The number of fused-ring (bicyclic) bond motifs is 1. The Hall–Kier alpha value is -1.86. The van der Waals surface area contributed by atoms with Gasteiger partial charge < -0.3 is 15.3 Å². The number of amides is 1. The molecule has 1 aromatic carbocycles. The van der Waals surface area contributed by atoms with Crippen molar-refractivity contribution in [1.29, 1.82) is 0 Å². The second kappa shape index (κ2) is 6.80. The number of carbonyl (C=O) groups excluding carboxylic acids is 1. The summed E-state index contributed by atoms with van der Waals surface area (Å²) in [5, 5.41) is 0.736. The van der Waals surface area contributed by atoms with E-state index < -0.39 is 13.7 Å². The van der Waals surface area contributed by atoms with Gasteiger partial charge in [0, 0.05) is 17.1 Å². The van der Waals surface area contributed by atoms with Crippen LogP contribution in [0.4, 0.5) is 0 Å². The van der Waals surface area contributed by atoms with Crippen molar-refractivity contribution < 1.29 is 23.8 Å². The summed E-state index contributed by atoms with van der Waals surface area (Å²) in [5.74, 6) is -0.313. The molecule has 0 spiro atoms. The lowest BCUT2D eigenvalue weighted by Crippen LogP contribution is -2.32. The molecular weight excluding hydrogens is 345 g/mol. The van der Waals surface area contributed by atoms with Crippen molar-refractivity contribution in [1.82, 2.24) is 9.63 Å². The summed E-state index contributed by atoms with van der Waals surface area (Å²) in [4.78, 5) is 32.2. The van der Waals surface area contributed by atoms with Crippen molar-refractivity contribution in [2.75, 3.05) is 19.6 Å². The summed E-state index contributed by atoms with van der Waals surface area (Å²) in [6.07, 6.45) is 3.48. The highest BCUT2D eigenvalue weighted by Gasteiger charge is 2.26. The van der Waals surface area contributed by atoms with Crippen LogP contribution in [0.1, 0.15) is 41.6 Å². The largest absolute Gasteiger partial charge is 0.543 e. The number of rotatable bonds is 5. The van der Waals surface area contributed by atoms with Gasteiger partial charge in [-0.15, -0.1) is 0 Å². The zero-order valence-corrected chi connectivity index (χ0v) is 14.9. The molecule has 0 bridgehead atoms. The van der Waals surface area contributed by atoms with Gasteiger partial charge in [0.15, 0.2) is 0 Å². The second-order valence-corrected chi connectivity index (χ2v) is 7.43. The molecule has 1 aromatic heterocycles. The molecule has 0 atom stereocenters. The van der Waals surface area contributed by atoms with Crippen molar-refractivity contribution in [3.8, 4) is 0 Å². The normalized spacial score (nSPS) is 17.1. The third-order valence-electron chi connectivity index (χ3n) is 4.75. The fourth-order valence-electron chi connectivity index (χ4n) is 3.45. The van der Waals surface area contributed by atoms with Gasteiger partial charge in [-0.3, -0.25) is 14.6 Å². The van der Waals surface area contributed by atoms with Gasteiger partial charge in [0.2, 0.25) is 5.91 Å². The lowest BCUT2D eigenvalue weighted by molar-refractivity contribution is 0.1000. The molecule has 9 heteroatoms. The molecule has 0 unspecified atom stereocenters. The first-order chi connectivity index (χ1) is 11.8. The predicted octanol–water partition coefficient (Wildman–Crippen LogP) is 1.46. The van der Waals surface area contributed by atoms with E-state index in [-0.39, 0.29) is 5.92 Å². The van der Waals surface area contributed by atoms with Crippen LogP contribution in [-0.2, 0) is 4.57 Å². The number of nitrogens with two attached hydrogens (primary N) is 1. The fraction of sp³-hybridized carbons (Fsp3) is 0.438. The van der Waals surface area contributed by atoms with Crippen LogP contribution >= 0.6 is 7.82 Å². The molecule has 25 heavy (non-hydrogen) atoms. The van der Waals surface area contributed by atoms with Crippen LogP contribution in [0.5, 0.6) is 0 Å². The zero-order chi connectivity index (χ0) is 18.2. The number of piperidine rings is 1. The van der Waals surface area contributed by atoms with Crippen LogP contribution in [0.3, 0.4) is 0 Å². The minimum absolute atomic E-state index is 0.232. The summed E-state index contributed by atoms with van der Waals surface area (Å²) < 4.78 is 17.1. The quantitative estimate of drug-likeness (QED) is 0.689. The maximum absolute atomic E-state index is 11.5. The molecular formula is C16H22N3O5P.